The summed E-state index contributed by atoms with van der Waals surface area (Å²) in [7, 11) is 0. The van der Waals surface area contributed by atoms with Crippen LogP contribution in [-0.4, -0.2) is 74.0 Å². The summed E-state index contributed by atoms with van der Waals surface area (Å²) in [5.74, 6) is 0.634. The highest BCUT2D eigenvalue weighted by Crippen LogP contribution is 2.17. The van der Waals surface area contributed by atoms with E-state index in [9.17, 15) is 9.59 Å². The van der Waals surface area contributed by atoms with Crippen LogP contribution in [0.15, 0.2) is 0 Å². The Morgan fingerprint density at radius 1 is 1.14 bits per heavy atom. The molecule has 6 heteroatoms. The van der Waals surface area contributed by atoms with E-state index < -0.39 is 0 Å². The van der Waals surface area contributed by atoms with Gasteiger partial charge in [-0.3, -0.25) is 9.59 Å². The summed E-state index contributed by atoms with van der Waals surface area (Å²) in [6.07, 6.45) is 3.42. The fourth-order valence-electron chi connectivity index (χ4n) is 3.14. The molecule has 2 aliphatic rings. The largest absolute Gasteiger partial charge is 0.356 e. The van der Waals surface area contributed by atoms with Crippen molar-refractivity contribution in [3.05, 3.63) is 0 Å². The molecule has 0 bridgehead atoms. The summed E-state index contributed by atoms with van der Waals surface area (Å²) in [4.78, 5) is 28.4. The van der Waals surface area contributed by atoms with Gasteiger partial charge in [0.25, 0.3) is 0 Å². The molecular formula is C16H30N4O2. The first-order valence-corrected chi connectivity index (χ1v) is 8.69. The smallest absolute Gasteiger partial charge is 0.223 e. The molecule has 0 saturated carbocycles. The van der Waals surface area contributed by atoms with Crippen LogP contribution in [0.1, 0.15) is 32.6 Å². The van der Waals surface area contributed by atoms with Gasteiger partial charge in [0, 0.05) is 51.6 Å². The standard InChI is InChI=1S/C16H30N4O2/c1-2-6-18-16(22)14-3-9-19(10-4-14)11-5-15(21)20-12-7-17-8-13-20/h14,17H,2-13H2,1H3,(H,18,22). The summed E-state index contributed by atoms with van der Waals surface area (Å²) < 4.78 is 0. The fraction of sp³-hybridized carbons (Fsp3) is 0.875. The Morgan fingerprint density at radius 2 is 1.82 bits per heavy atom. The number of hydrogen-bond acceptors (Lipinski definition) is 4. The number of carbonyl (C=O) groups excluding carboxylic acids is 2. The third kappa shape index (κ3) is 5.25. The maximum absolute atomic E-state index is 12.1. The second-order valence-corrected chi connectivity index (χ2v) is 6.29. The number of piperidine rings is 1. The zero-order valence-electron chi connectivity index (χ0n) is 13.8. The van der Waals surface area contributed by atoms with Crippen LogP contribution in [0.5, 0.6) is 0 Å². The van der Waals surface area contributed by atoms with Crippen molar-refractivity contribution in [2.45, 2.75) is 32.6 Å². The molecule has 0 spiro atoms. The van der Waals surface area contributed by atoms with Crippen LogP contribution in [0.4, 0.5) is 0 Å². The topological polar surface area (TPSA) is 64.7 Å². The zero-order chi connectivity index (χ0) is 15.8. The van der Waals surface area contributed by atoms with Crippen molar-refractivity contribution in [1.82, 2.24) is 20.4 Å². The predicted octanol–water partition coefficient (Wildman–Crippen LogP) is 0.0465. The number of nitrogens with one attached hydrogen (secondary N) is 2. The molecule has 0 aromatic rings. The molecule has 2 aliphatic heterocycles. The summed E-state index contributed by atoms with van der Waals surface area (Å²) in [6.45, 7) is 9.01. The van der Waals surface area contributed by atoms with Gasteiger partial charge in [-0.05, 0) is 32.4 Å². The van der Waals surface area contributed by atoms with E-state index in [4.69, 9.17) is 0 Å². The molecule has 0 aromatic carbocycles. The van der Waals surface area contributed by atoms with Gasteiger partial charge >= 0.3 is 0 Å². The Bertz CT molecular complexity index is 361. The van der Waals surface area contributed by atoms with Gasteiger partial charge in [-0.1, -0.05) is 6.92 Å². The first-order valence-electron chi connectivity index (χ1n) is 8.69. The Hall–Kier alpha value is -1.14. The Labute approximate surface area is 133 Å². The number of nitrogens with zero attached hydrogens (tertiary/aromatic N) is 2. The van der Waals surface area contributed by atoms with Crippen molar-refractivity contribution < 1.29 is 9.59 Å². The average Bonchev–Trinajstić information content (AvgIpc) is 2.58. The molecule has 0 radical (unpaired) electrons. The van der Waals surface area contributed by atoms with Crippen molar-refractivity contribution >= 4 is 11.8 Å². The second-order valence-electron chi connectivity index (χ2n) is 6.29. The minimum atomic E-state index is 0.159. The van der Waals surface area contributed by atoms with Crippen LogP contribution < -0.4 is 10.6 Å². The van der Waals surface area contributed by atoms with E-state index in [1.54, 1.807) is 0 Å². The number of amides is 2. The maximum atomic E-state index is 12.1. The molecule has 2 N–H and O–H groups in total. The molecule has 2 amide bonds. The number of carbonyl (C=O) groups is 2. The molecule has 126 valence electrons. The van der Waals surface area contributed by atoms with E-state index in [2.05, 4.69) is 22.5 Å². The summed E-state index contributed by atoms with van der Waals surface area (Å²) in [5.41, 5.74) is 0. The lowest BCUT2D eigenvalue weighted by atomic mass is 9.96. The van der Waals surface area contributed by atoms with Gasteiger partial charge in [0.2, 0.25) is 11.8 Å². The fourth-order valence-corrected chi connectivity index (χ4v) is 3.14. The third-order valence-corrected chi connectivity index (χ3v) is 4.62. The van der Waals surface area contributed by atoms with Gasteiger partial charge < -0.3 is 20.4 Å². The molecule has 22 heavy (non-hydrogen) atoms. The summed E-state index contributed by atoms with van der Waals surface area (Å²) in [5, 5.41) is 6.25. The average molecular weight is 310 g/mol. The highest BCUT2D eigenvalue weighted by Gasteiger charge is 2.25. The molecule has 0 aromatic heterocycles. The Kier molecular flexibility index (Phi) is 7.12. The van der Waals surface area contributed by atoms with Crippen molar-refractivity contribution in [3.63, 3.8) is 0 Å². The monoisotopic (exact) mass is 310 g/mol. The SMILES string of the molecule is CCCNC(=O)C1CCN(CCC(=O)N2CCNCC2)CC1. The van der Waals surface area contributed by atoms with Gasteiger partial charge in [0.05, 0.1) is 0 Å². The first-order chi connectivity index (χ1) is 10.7. The molecule has 2 fully saturated rings. The van der Waals surface area contributed by atoms with Crippen LogP contribution in [0, 0.1) is 5.92 Å². The van der Waals surface area contributed by atoms with Crippen molar-refractivity contribution in [1.29, 1.82) is 0 Å². The first kappa shape index (κ1) is 17.2. The molecule has 2 saturated heterocycles. The van der Waals surface area contributed by atoms with Gasteiger partial charge in [-0.2, -0.15) is 0 Å². The number of hydrogen-bond donors (Lipinski definition) is 2. The lowest BCUT2D eigenvalue weighted by Crippen LogP contribution is -2.47. The van der Waals surface area contributed by atoms with Crippen LogP contribution in [0.25, 0.3) is 0 Å². The third-order valence-electron chi connectivity index (χ3n) is 4.62. The summed E-state index contributed by atoms with van der Waals surface area (Å²) in [6, 6.07) is 0. The molecule has 6 nitrogen and oxygen atoms in total. The van der Waals surface area contributed by atoms with Crippen molar-refractivity contribution in [2.24, 2.45) is 5.92 Å². The van der Waals surface area contributed by atoms with E-state index in [1.165, 1.54) is 0 Å². The highest BCUT2D eigenvalue weighted by atomic mass is 16.2. The summed E-state index contributed by atoms with van der Waals surface area (Å²) >= 11 is 0. The van der Waals surface area contributed by atoms with Gasteiger partial charge in [0.1, 0.15) is 0 Å². The Morgan fingerprint density at radius 3 is 2.45 bits per heavy atom. The van der Waals surface area contributed by atoms with Crippen molar-refractivity contribution in [2.75, 3.05) is 52.4 Å². The minimum absolute atomic E-state index is 0.159. The van der Waals surface area contributed by atoms with E-state index in [1.807, 2.05) is 4.90 Å². The number of rotatable bonds is 6. The van der Waals surface area contributed by atoms with Crippen molar-refractivity contribution in [3.8, 4) is 0 Å². The normalized spacial score (nSPS) is 20.9. The van der Waals surface area contributed by atoms with E-state index >= 15 is 0 Å². The van der Waals surface area contributed by atoms with Crippen LogP contribution >= 0.6 is 0 Å². The van der Waals surface area contributed by atoms with E-state index in [0.29, 0.717) is 6.42 Å². The lowest BCUT2D eigenvalue weighted by molar-refractivity contribution is -0.132. The number of piperazine rings is 1. The predicted molar refractivity (Wildman–Crippen MR) is 86.5 cm³/mol. The molecule has 0 atom stereocenters. The number of likely N-dealkylation sites (tertiary alicyclic amines) is 1. The molecule has 2 heterocycles. The lowest BCUT2D eigenvalue weighted by Gasteiger charge is -2.32. The van der Waals surface area contributed by atoms with E-state index in [0.717, 1.165) is 71.6 Å². The van der Waals surface area contributed by atoms with Crippen LogP contribution in [0.3, 0.4) is 0 Å². The van der Waals surface area contributed by atoms with E-state index in [-0.39, 0.29) is 17.7 Å². The van der Waals surface area contributed by atoms with Crippen LogP contribution in [-0.2, 0) is 9.59 Å². The van der Waals surface area contributed by atoms with Gasteiger partial charge in [-0.25, -0.2) is 0 Å². The minimum Gasteiger partial charge on any atom is -0.356 e. The maximum Gasteiger partial charge on any atom is 0.223 e. The molecular weight excluding hydrogens is 280 g/mol. The molecule has 2 rings (SSSR count). The Balaban J connectivity index is 1.62. The van der Waals surface area contributed by atoms with Gasteiger partial charge in [0.15, 0.2) is 0 Å². The quantitative estimate of drug-likeness (QED) is 0.727. The van der Waals surface area contributed by atoms with Gasteiger partial charge in [-0.15, -0.1) is 0 Å². The zero-order valence-corrected chi connectivity index (χ0v) is 13.8. The highest BCUT2D eigenvalue weighted by molar-refractivity contribution is 5.78. The second kappa shape index (κ2) is 9.10. The molecule has 0 unspecified atom stereocenters. The molecule has 0 aliphatic carbocycles. The van der Waals surface area contributed by atoms with Crippen LogP contribution in [0.2, 0.25) is 0 Å².